The summed E-state index contributed by atoms with van der Waals surface area (Å²) in [7, 11) is 0. The van der Waals surface area contributed by atoms with Gasteiger partial charge in [-0.1, -0.05) is 0 Å². The molecule has 2 fully saturated rings. The highest BCUT2D eigenvalue weighted by Gasteiger charge is 2.41. The Morgan fingerprint density at radius 3 is 2.84 bits per heavy atom. The van der Waals surface area contributed by atoms with Crippen LogP contribution in [-0.2, 0) is 16.1 Å². The summed E-state index contributed by atoms with van der Waals surface area (Å²) in [4.78, 5) is 18.1. The van der Waals surface area contributed by atoms with Crippen molar-refractivity contribution in [3.8, 4) is 0 Å². The molecule has 25 heavy (non-hydrogen) atoms. The van der Waals surface area contributed by atoms with Crippen LogP contribution in [0.1, 0.15) is 18.4 Å². The van der Waals surface area contributed by atoms with Gasteiger partial charge in [-0.3, -0.25) is 14.7 Å². The predicted octanol–water partition coefficient (Wildman–Crippen LogP) is 1.99. The third-order valence-electron chi connectivity index (χ3n) is 4.91. The number of hydrogen-bond acceptors (Lipinski definition) is 4. The van der Waals surface area contributed by atoms with Gasteiger partial charge in [-0.2, -0.15) is 13.2 Å². The van der Waals surface area contributed by atoms with Crippen molar-refractivity contribution in [1.29, 1.82) is 0 Å². The zero-order valence-corrected chi connectivity index (χ0v) is 13.8. The number of halogens is 3. The Morgan fingerprint density at radius 1 is 1.36 bits per heavy atom. The van der Waals surface area contributed by atoms with Crippen LogP contribution in [0.2, 0.25) is 0 Å². The van der Waals surface area contributed by atoms with Crippen molar-refractivity contribution in [2.24, 2.45) is 11.8 Å². The third-order valence-corrected chi connectivity index (χ3v) is 4.91. The van der Waals surface area contributed by atoms with Gasteiger partial charge in [-0.25, -0.2) is 0 Å². The van der Waals surface area contributed by atoms with Crippen LogP contribution in [0.3, 0.4) is 0 Å². The van der Waals surface area contributed by atoms with Crippen LogP contribution in [0.25, 0.3) is 0 Å². The summed E-state index contributed by atoms with van der Waals surface area (Å²) in [6, 6.07) is 3.98. The smallest absolute Gasteiger partial charge is 0.377 e. The Bertz CT molecular complexity index is 582. The van der Waals surface area contributed by atoms with Gasteiger partial charge >= 0.3 is 6.18 Å². The van der Waals surface area contributed by atoms with E-state index in [4.69, 9.17) is 4.74 Å². The number of rotatable bonds is 5. The van der Waals surface area contributed by atoms with Gasteiger partial charge < -0.3 is 10.1 Å². The number of aromatic nitrogens is 1. The van der Waals surface area contributed by atoms with E-state index < -0.39 is 18.6 Å². The highest BCUT2D eigenvalue weighted by atomic mass is 19.4. The van der Waals surface area contributed by atoms with Gasteiger partial charge in [0.2, 0.25) is 5.91 Å². The quantitative estimate of drug-likeness (QED) is 0.876. The monoisotopic (exact) mass is 357 g/mol. The zero-order valence-electron chi connectivity index (χ0n) is 13.8. The lowest BCUT2D eigenvalue weighted by Crippen LogP contribution is -2.42. The molecule has 0 saturated carbocycles. The molecule has 0 spiro atoms. The topological polar surface area (TPSA) is 54.5 Å². The number of nitrogens with one attached hydrogen (secondary N) is 1. The number of ether oxygens (including phenoxy) is 1. The van der Waals surface area contributed by atoms with E-state index in [1.807, 2.05) is 17.4 Å². The fraction of sp³-hybridized carbons (Fsp3) is 0.647. The SMILES string of the molecule is O=C(C[C@@H]1OC[C@H]2CN(Cc3ccncc3)CC[C@H]21)NCC(F)(F)F. The molecule has 5 nitrogen and oxygen atoms in total. The zero-order chi connectivity index (χ0) is 17.9. The molecule has 1 amide bonds. The molecule has 8 heteroatoms. The largest absolute Gasteiger partial charge is 0.405 e. The van der Waals surface area contributed by atoms with E-state index >= 15 is 0 Å². The fourth-order valence-corrected chi connectivity index (χ4v) is 3.72. The molecule has 3 atom stereocenters. The average molecular weight is 357 g/mol. The lowest BCUT2D eigenvalue weighted by molar-refractivity contribution is -0.140. The van der Waals surface area contributed by atoms with E-state index in [0.717, 1.165) is 26.1 Å². The van der Waals surface area contributed by atoms with Gasteiger partial charge in [0.1, 0.15) is 6.54 Å². The Labute approximate surface area is 144 Å². The Morgan fingerprint density at radius 2 is 2.12 bits per heavy atom. The fourth-order valence-electron chi connectivity index (χ4n) is 3.72. The molecule has 3 rings (SSSR count). The Balaban J connectivity index is 1.47. The third kappa shape index (κ3) is 5.15. The number of hydrogen-bond donors (Lipinski definition) is 1. The van der Waals surface area contributed by atoms with Crippen LogP contribution in [0.15, 0.2) is 24.5 Å². The van der Waals surface area contributed by atoms with Gasteiger partial charge in [0.25, 0.3) is 0 Å². The van der Waals surface area contributed by atoms with Crippen LogP contribution >= 0.6 is 0 Å². The Hall–Kier alpha value is -1.67. The number of alkyl halides is 3. The molecule has 0 bridgehead atoms. The van der Waals surface area contributed by atoms with Crippen LogP contribution in [0.4, 0.5) is 13.2 Å². The molecule has 0 radical (unpaired) electrons. The highest BCUT2D eigenvalue weighted by Crippen LogP contribution is 2.36. The van der Waals surface area contributed by atoms with Gasteiger partial charge in [-0.15, -0.1) is 0 Å². The molecule has 1 N–H and O–H groups in total. The molecule has 1 aromatic rings. The van der Waals surface area contributed by atoms with E-state index in [9.17, 15) is 18.0 Å². The van der Waals surface area contributed by atoms with Crippen molar-refractivity contribution < 1.29 is 22.7 Å². The molecule has 2 aliphatic heterocycles. The second-order valence-corrected chi connectivity index (χ2v) is 6.77. The first-order chi connectivity index (χ1) is 11.9. The summed E-state index contributed by atoms with van der Waals surface area (Å²) in [5.74, 6) is -0.0245. The normalized spacial score (nSPS) is 27.1. The first-order valence-corrected chi connectivity index (χ1v) is 8.47. The number of piperidine rings is 1. The molecule has 0 aromatic carbocycles. The number of amides is 1. The summed E-state index contributed by atoms with van der Waals surface area (Å²) in [6.45, 7) is 1.91. The maximum Gasteiger partial charge on any atom is 0.405 e. The van der Waals surface area contributed by atoms with Crippen molar-refractivity contribution in [1.82, 2.24) is 15.2 Å². The predicted molar refractivity (Wildman–Crippen MR) is 84.5 cm³/mol. The molecule has 1 aromatic heterocycles. The number of carbonyl (C=O) groups is 1. The number of carbonyl (C=O) groups excluding carboxylic acids is 1. The lowest BCUT2D eigenvalue weighted by Gasteiger charge is -2.35. The lowest BCUT2D eigenvalue weighted by atomic mass is 9.83. The van der Waals surface area contributed by atoms with Gasteiger partial charge in [0.15, 0.2) is 0 Å². The van der Waals surface area contributed by atoms with Crippen molar-refractivity contribution in [3.63, 3.8) is 0 Å². The molecule has 0 aliphatic carbocycles. The summed E-state index contributed by atoms with van der Waals surface area (Å²) < 4.78 is 42.2. The van der Waals surface area contributed by atoms with E-state index in [1.54, 1.807) is 12.4 Å². The number of nitrogens with zero attached hydrogens (tertiary/aromatic N) is 2. The first kappa shape index (κ1) is 18.1. The molecule has 0 unspecified atom stereocenters. The number of pyridine rings is 1. The summed E-state index contributed by atoms with van der Waals surface area (Å²) in [6.07, 6.45) is -0.213. The van der Waals surface area contributed by atoms with Gasteiger partial charge in [0.05, 0.1) is 19.1 Å². The highest BCUT2D eigenvalue weighted by molar-refractivity contribution is 5.76. The Kier molecular flexibility index (Phi) is 5.58. The van der Waals surface area contributed by atoms with Crippen LogP contribution < -0.4 is 5.32 Å². The summed E-state index contributed by atoms with van der Waals surface area (Å²) >= 11 is 0. The van der Waals surface area contributed by atoms with E-state index in [0.29, 0.717) is 12.5 Å². The van der Waals surface area contributed by atoms with Crippen molar-refractivity contribution in [2.45, 2.75) is 31.7 Å². The number of fused-ring (bicyclic) bond motifs is 1. The van der Waals surface area contributed by atoms with Crippen molar-refractivity contribution in [2.75, 3.05) is 26.2 Å². The first-order valence-electron chi connectivity index (χ1n) is 8.47. The molecule has 3 heterocycles. The minimum Gasteiger partial charge on any atom is -0.377 e. The molecule has 2 saturated heterocycles. The second-order valence-electron chi connectivity index (χ2n) is 6.77. The van der Waals surface area contributed by atoms with E-state index in [2.05, 4.69) is 9.88 Å². The van der Waals surface area contributed by atoms with Gasteiger partial charge in [0, 0.05) is 31.4 Å². The van der Waals surface area contributed by atoms with Crippen LogP contribution in [0, 0.1) is 11.8 Å². The molecular formula is C17H22F3N3O2. The minimum absolute atomic E-state index is 0.00159. The molecule has 2 aliphatic rings. The van der Waals surface area contributed by atoms with Crippen LogP contribution in [-0.4, -0.2) is 54.3 Å². The maximum atomic E-state index is 12.2. The van der Waals surface area contributed by atoms with Crippen molar-refractivity contribution >= 4 is 5.91 Å². The molecule has 138 valence electrons. The van der Waals surface area contributed by atoms with Crippen molar-refractivity contribution in [3.05, 3.63) is 30.1 Å². The minimum atomic E-state index is -4.38. The molecular weight excluding hydrogens is 335 g/mol. The standard InChI is InChI=1S/C17H22F3N3O2/c18-17(19,20)11-22-16(24)7-15-14-3-6-23(9-13(14)10-25-15)8-12-1-4-21-5-2-12/h1-2,4-5,13-15H,3,6-11H2,(H,22,24)/t13-,14-,15+/m1/s1. The summed E-state index contributed by atoms with van der Waals surface area (Å²) in [5.41, 5.74) is 1.20. The summed E-state index contributed by atoms with van der Waals surface area (Å²) in [5, 5.41) is 1.93. The van der Waals surface area contributed by atoms with E-state index in [1.165, 1.54) is 5.56 Å². The maximum absolute atomic E-state index is 12.2. The van der Waals surface area contributed by atoms with Gasteiger partial charge in [-0.05, 0) is 36.6 Å². The number of likely N-dealkylation sites (tertiary alicyclic amines) is 1. The average Bonchev–Trinajstić information content (AvgIpc) is 2.95. The second kappa shape index (κ2) is 7.70. The van der Waals surface area contributed by atoms with E-state index in [-0.39, 0.29) is 18.4 Å². The van der Waals surface area contributed by atoms with Crippen LogP contribution in [0.5, 0.6) is 0 Å².